The van der Waals surface area contributed by atoms with Crippen LogP contribution in [0.5, 0.6) is 0 Å². The van der Waals surface area contributed by atoms with Crippen molar-refractivity contribution in [1.82, 2.24) is 0 Å². The molecule has 0 heterocycles. The van der Waals surface area contributed by atoms with Crippen LogP contribution in [0.1, 0.15) is 50.7 Å². The third-order valence-corrected chi connectivity index (χ3v) is 4.00. The van der Waals surface area contributed by atoms with E-state index in [9.17, 15) is 9.59 Å². The maximum Gasteiger partial charge on any atom is 0.506 e. The Labute approximate surface area is 162 Å². The molecule has 0 aliphatic carbocycles. The summed E-state index contributed by atoms with van der Waals surface area (Å²) >= 11 is 0. The summed E-state index contributed by atoms with van der Waals surface area (Å²) in [7, 11) is 0. The zero-order chi connectivity index (χ0) is 19.9. The summed E-state index contributed by atoms with van der Waals surface area (Å²) in [6.45, 7) is 3.90. The molecule has 0 aromatic heterocycles. The molecule has 1 atom stereocenters. The van der Waals surface area contributed by atoms with Gasteiger partial charge < -0.3 is 9.84 Å². The third kappa shape index (κ3) is 11.6. The molecule has 4 nitrogen and oxygen atoms in total. The number of unbranched alkanes of at least 4 members (excludes halogenated alkanes) is 2. The molecular formula is C23H30O4. The SMILES string of the molecule is CCCCCC(C)OC(=O)O.O=C(Cc1ccccc1)Cc1ccccc1. The van der Waals surface area contributed by atoms with Gasteiger partial charge >= 0.3 is 6.16 Å². The molecule has 0 saturated carbocycles. The summed E-state index contributed by atoms with van der Waals surface area (Å²) in [5.41, 5.74) is 2.17. The van der Waals surface area contributed by atoms with Crippen molar-refractivity contribution in [3.05, 3.63) is 71.8 Å². The molecule has 2 aromatic rings. The minimum absolute atomic E-state index is 0.154. The lowest BCUT2D eigenvalue weighted by Crippen LogP contribution is -2.12. The molecule has 0 fully saturated rings. The average Bonchev–Trinajstić information content (AvgIpc) is 2.63. The van der Waals surface area contributed by atoms with Gasteiger partial charge in [0.05, 0.1) is 0 Å². The Morgan fingerprint density at radius 3 is 1.78 bits per heavy atom. The Morgan fingerprint density at radius 1 is 0.889 bits per heavy atom. The first-order valence-electron chi connectivity index (χ1n) is 9.50. The molecule has 0 radical (unpaired) electrons. The van der Waals surface area contributed by atoms with E-state index < -0.39 is 6.16 Å². The highest BCUT2D eigenvalue weighted by molar-refractivity contribution is 5.83. The van der Waals surface area contributed by atoms with Crippen molar-refractivity contribution in [3.8, 4) is 0 Å². The van der Waals surface area contributed by atoms with Crippen LogP contribution < -0.4 is 0 Å². The van der Waals surface area contributed by atoms with E-state index in [2.05, 4.69) is 11.7 Å². The van der Waals surface area contributed by atoms with E-state index in [1.807, 2.05) is 60.7 Å². The van der Waals surface area contributed by atoms with E-state index in [-0.39, 0.29) is 11.9 Å². The number of carbonyl (C=O) groups is 2. The molecule has 2 rings (SSSR count). The highest BCUT2D eigenvalue weighted by Gasteiger charge is 2.06. The monoisotopic (exact) mass is 370 g/mol. The van der Waals surface area contributed by atoms with Crippen molar-refractivity contribution in [2.45, 2.75) is 58.5 Å². The van der Waals surface area contributed by atoms with Crippen LogP contribution in [0.4, 0.5) is 4.79 Å². The van der Waals surface area contributed by atoms with E-state index in [1.54, 1.807) is 6.92 Å². The predicted octanol–water partition coefficient (Wildman–Crippen LogP) is 5.69. The number of carboxylic acid groups (broad SMARTS) is 1. The molecule has 0 bridgehead atoms. The molecule has 27 heavy (non-hydrogen) atoms. The van der Waals surface area contributed by atoms with Crippen molar-refractivity contribution in [3.63, 3.8) is 0 Å². The first-order valence-corrected chi connectivity index (χ1v) is 9.50. The fraction of sp³-hybridized carbons (Fsp3) is 0.391. The predicted molar refractivity (Wildman–Crippen MR) is 108 cm³/mol. The lowest BCUT2D eigenvalue weighted by Gasteiger charge is -2.08. The highest BCUT2D eigenvalue weighted by Crippen LogP contribution is 2.06. The van der Waals surface area contributed by atoms with Gasteiger partial charge in [-0.15, -0.1) is 0 Å². The van der Waals surface area contributed by atoms with Gasteiger partial charge in [-0.3, -0.25) is 4.79 Å². The number of hydrogen-bond acceptors (Lipinski definition) is 3. The van der Waals surface area contributed by atoms with E-state index in [0.29, 0.717) is 12.8 Å². The first kappa shape index (κ1) is 22.4. The van der Waals surface area contributed by atoms with Crippen molar-refractivity contribution >= 4 is 11.9 Å². The van der Waals surface area contributed by atoms with Gasteiger partial charge in [0.2, 0.25) is 0 Å². The van der Waals surface area contributed by atoms with Gasteiger partial charge in [0, 0.05) is 12.8 Å². The summed E-state index contributed by atoms with van der Waals surface area (Å²) in [4.78, 5) is 21.8. The summed E-state index contributed by atoms with van der Waals surface area (Å²) in [5.74, 6) is 0.261. The molecule has 0 spiro atoms. The van der Waals surface area contributed by atoms with Gasteiger partial charge in [-0.2, -0.15) is 0 Å². The van der Waals surface area contributed by atoms with Crippen LogP contribution in [-0.2, 0) is 22.4 Å². The quantitative estimate of drug-likeness (QED) is 0.455. The van der Waals surface area contributed by atoms with Crippen LogP contribution in [0.2, 0.25) is 0 Å². The highest BCUT2D eigenvalue weighted by atomic mass is 16.7. The summed E-state index contributed by atoms with van der Waals surface area (Å²) in [6.07, 6.45) is 3.90. The zero-order valence-electron chi connectivity index (χ0n) is 16.3. The minimum atomic E-state index is -1.17. The molecule has 0 saturated heterocycles. The number of benzene rings is 2. The van der Waals surface area contributed by atoms with Crippen LogP contribution in [0.15, 0.2) is 60.7 Å². The van der Waals surface area contributed by atoms with Crippen LogP contribution in [-0.4, -0.2) is 23.1 Å². The Morgan fingerprint density at radius 2 is 1.37 bits per heavy atom. The summed E-state index contributed by atoms with van der Waals surface area (Å²) < 4.78 is 4.51. The van der Waals surface area contributed by atoms with Crippen molar-refractivity contribution in [2.75, 3.05) is 0 Å². The van der Waals surface area contributed by atoms with Crippen molar-refractivity contribution in [2.24, 2.45) is 0 Å². The molecule has 0 aliphatic heterocycles. The second-order valence-corrected chi connectivity index (χ2v) is 6.55. The van der Waals surface area contributed by atoms with Crippen LogP contribution in [0.3, 0.4) is 0 Å². The lowest BCUT2D eigenvalue weighted by molar-refractivity contribution is -0.117. The number of rotatable bonds is 9. The maximum atomic E-state index is 11.8. The molecule has 2 aromatic carbocycles. The molecule has 0 amide bonds. The van der Waals surface area contributed by atoms with E-state index in [4.69, 9.17) is 5.11 Å². The Kier molecular flexibility index (Phi) is 11.3. The molecule has 0 aliphatic rings. The van der Waals surface area contributed by atoms with E-state index >= 15 is 0 Å². The van der Waals surface area contributed by atoms with Gasteiger partial charge in [-0.1, -0.05) is 80.4 Å². The van der Waals surface area contributed by atoms with Gasteiger partial charge in [-0.25, -0.2) is 4.79 Å². The van der Waals surface area contributed by atoms with Gasteiger partial charge in [0.15, 0.2) is 0 Å². The topological polar surface area (TPSA) is 63.6 Å². The normalized spacial score (nSPS) is 11.0. The maximum absolute atomic E-state index is 11.8. The molecular weight excluding hydrogens is 340 g/mol. The number of carbonyl (C=O) groups excluding carboxylic acids is 1. The first-order chi connectivity index (χ1) is 13.0. The lowest BCUT2D eigenvalue weighted by atomic mass is 10.0. The Hall–Kier alpha value is -2.62. The average molecular weight is 370 g/mol. The summed E-state index contributed by atoms with van der Waals surface area (Å²) in [6, 6.07) is 19.7. The Bertz CT molecular complexity index is 609. The van der Waals surface area contributed by atoms with Crippen molar-refractivity contribution in [1.29, 1.82) is 0 Å². The Balaban J connectivity index is 0.000000293. The van der Waals surface area contributed by atoms with Gasteiger partial charge in [-0.05, 0) is 30.9 Å². The fourth-order valence-corrected chi connectivity index (χ4v) is 2.62. The van der Waals surface area contributed by atoms with E-state index in [1.165, 1.54) is 0 Å². The van der Waals surface area contributed by atoms with Crippen LogP contribution in [0.25, 0.3) is 0 Å². The second-order valence-electron chi connectivity index (χ2n) is 6.55. The van der Waals surface area contributed by atoms with Gasteiger partial charge in [0.25, 0.3) is 0 Å². The van der Waals surface area contributed by atoms with Crippen molar-refractivity contribution < 1.29 is 19.4 Å². The fourth-order valence-electron chi connectivity index (χ4n) is 2.62. The molecule has 146 valence electrons. The number of ketones is 1. The van der Waals surface area contributed by atoms with Gasteiger partial charge in [0.1, 0.15) is 11.9 Å². The van der Waals surface area contributed by atoms with E-state index in [0.717, 1.165) is 36.8 Å². The van der Waals surface area contributed by atoms with Crippen LogP contribution >= 0.6 is 0 Å². The molecule has 4 heteroatoms. The molecule has 1 unspecified atom stereocenters. The van der Waals surface area contributed by atoms with Crippen LogP contribution in [0, 0.1) is 0 Å². The largest absolute Gasteiger partial charge is 0.506 e. The minimum Gasteiger partial charge on any atom is -0.450 e. The number of hydrogen-bond donors (Lipinski definition) is 1. The zero-order valence-corrected chi connectivity index (χ0v) is 16.3. The third-order valence-electron chi connectivity index (χ3n) is 4.00. The number of Topliss-reactive ketones (excluding diaryl/α,β-unsaturated/α-hetero) is 1. The standard InChI is InChI=1S/C15H14O.C8H16O3/c16-15(11-13-7-3-1-4-8-13)12-14-9-5-2-6-10-14;1-3-4-5-6-7(2)11-8(9)10/h1-10H,11-12H2;7H,3-6H2,1-2H3,(H,9,10). The number of ether oxygens (including phenoxy) is 1. The second kappa shape index (κ2) is 13.6. The molecule has 1 N–H and O–H groups in total. The summed E-state index contributed by atoms with van der Waals surface area (Å²) in [5, 5.41) is 8.22. The smallest absolute Gasteiger partial charge is 0.450 e.